The van der Waals surface area contributed by atoms with Crippen molar-refractivity contribution in [2.75, 3.05) is 0 Å². The molecule has 12 heavy (non-hydrogen) atoms. The summed E-state index contributed by atoms with van der Waals surface area (Å²) in [4.78, 5) is -0.0666. The fourth-order valence-corrected chi connectivity index (χ4v) is 1.19. The average Bonchev–Trinajstić information content (AvgIpc) is 1.86. The van der Waals surface area contributed by atoms with E-state index in [0.29, 0.717) is 0 Å². The summed E-state index contributed by atoms with van der Waals surface area (Å²) in [5.74, 6) is 0. The van der Waals surface area contributed by atoms with Gasteiger partial charge in [-0.15, -0.1) is 0 Å². The topological polar surface area (TPSA) is 54.4 Å². The van der Waals surface area contributed by atoms with Gasteiger partial charge in [0.25, 0.3) is 10.1 Å². The molecular weight excluding hydrogens is 304 g/mol. The van der Waals surface area contributed by atoms with E-state index in [9.17, 15) is 8.42 Å². The number of aryl methyl sites for hydroxylation is 1. The van der Waals surface area contributed by atoms with Gasteiger partial charge in [0.1, 0.15) is 0 Å². The second kappa shape index (κ2) is 4.66. The maximum atomic E-state index is 10.5. The van der Waals surface area contributed by atoms with Crippen molar-refractivity contribution in [1.82, 2.24) is 0 Å². The fourth-order valence-electron chi connectivity index (χ4n) is 0.710. The SMILES string of the molecule is Cc1ccc(S(=O)(=O)O)cc1.[Ce]. The molecule has 0 unspecified atom stereocenters. The van der Waals surface area contributed by atoms with Crippen molar-refractivity contribution in [2.24, 2.45) is 0 Å². The van der Waals surface area contributed by atoms with Crippen LogP contribution in [0.5, 0.6) is 0 Å². The molecule has 0 saturated heterocycles. The van der Waals surface area contributed by atoms with Crippen molar-refractivity contribution in [3.8, 4) is 0 Å². The van der Waals surface area contributed by atoms with Crippen LogP contribution >= 0.6 is 0 Å². The molecule has 0 radical (unpaired) electrons. The molecule has 0 aromatic heterocycles. The van der Waals surface area contributed by atoms with Crippen molar-refractivity contribution in [2.45, 2.75) is 11.8 Å². The summed E-state index contributed by atoms with van der Waals surface area (Å²) < 4.78 is 29.6. The van der Waals surface area contributed by atoms with Gasteiger partial charge in [-0.2, -0.15) is 8.42 Å². The Morgan fingerprint density at radius 2 is 1.58 bits per heavy atom. The molecule has 3 nitrogen and oxygen atoms in total. The summed E-state index contributed by atoms with van der Waals surface area (Å²) in [6.07, 6.45) is 0. The first-order chi connectivity index (χ1) is 5.00. The standard InChI is InChI=1S/C7H8O3S.Ce/c1-6-2-4-7(5-3-6)11(8,9)10;/h2-5H,1H3,(H,8,9,10);. The van der Waals surface area contributed by atoms with Gasteiger partial charge < -0.3 is 0 Å². The van der Waals surface area contributed by atoms with Crippen molar-refractivity contribution in [3.05, 3.63) is 29.8 Å². The maximum Gasteiger partial charge on any atom is 0.294 e. The molecule has 5 heteroatoms. The second-order valence-electron chi connectivity index (χ2n) is 2.29. The number of rotatable bonds is 1. The molecule has 0 heterocycles. The normalized spacial score (nSPS) is 10.5. The Hall–Kier alpha value is 0.507. The summed E-state index contributed by atoms with van der Waals surface area (Å²) in [7, 11) is -4.02. The minimum Gasteiger partial charge on any atom is -0.282 e. The van der Waals surface area contributed by atoms with Gasteiger partial charge in [0.15, 0.2) is 0 Å². The zero-order valence-electron chi connectivity index (χ0n) is 6.48. The summed E-state index contributed by atoms with van der Waals surface area (Å²) in [6.45, 7) is 1.84. The monoisotopic (exact) mass is 312 g/mol. The fraction of sp³-hybridized carbons (Fsp3) is 0.143. The van der Waals surface area contributed by atoms with E-state index in [0.717, 1.165) is 5.56 Å². The molecular formula is C7H8CeO3S. The third kappa shape index (κ3) is 3.48. The van der Waals surface area contributed by atoms with Crippen LogP contribution in [0, 0.1) is 48.7 Å². The number of hydrogen-bond acceptors (Lipinski definition) is 2. The van der Waals surface area contributed by atoms with E-state index in [4.69, 9.17) is 4.55 Å². The predicted molar refractivity (Wildman–Crippen MR) is 41.0 cm³/mol. The second-order valence-corrected chi connectivity index (χ2v) is 3.71. The van der Waals surface area contributed by atoms with Crippen LogP contribution in [0.1, 0.15) is 5.56 Å². The molecule has 1 N–H and O–H groups in total. The molecule has 0 amide bonds. The Bertz CT molecular complexity index is 341. The molecule has 0 aliphatic rings. The largest absolute Gasteiger partial charge is 0.294 e. The van der Waals surface area contributed by atoms with Crippen LogP contribution in [0.25, 0.3) is 0 Å². The van der Waals surface area contributed by atoms with Crippen LogP contribution in [-0.4, -0.2) is 13.0 Å². The van der Waals surface area contributed by atoms with Crippen molar-refractivity contribution in [3.63, 3.8) is 0 Å². The smallest absolute Gasteiger partial charge is 0.282 e. The first kappa shape index (κ1) is 12.5. The Morgan fingerprint density at radius 3 is 1.92 bits per heavy atom. The summed E-state index contributed by atoms with van der Waals surface area (Å²) >= 11 is 0. The molecule has 0 aliphatic carbocycles. The molecule has 1 rings (SSSR count). The van der Waals surface area contributed by atoms with Crippen molar-refractivity contribution < 1.29 is 54.7 Å². The quantitative estimate of drug-likeness (QED) is 0.794. The third-order valence-corrected chi connectivity index (χ3v) is 2.19. The molecule has 0 atom stereocenters. The van der Waals surface area contributed by atoms with Gasteiger partial charge in [-0.1, -0.05) is 17.7 Å². The molecule has 0 spiro atoms. The van der Waals surface area contributed by atoms with Gasteiger partial charge in [0.05, 0.1) is 4.90 Å². The molecule has 64 valence electrons. The van der Waals surface area contributed by atoms with Crippen molar-refractivity contribution >= 4 is 10.1 Å². The van der Waals surface area contributed by atoms with Gasteiger partial charge in [0.2, 0.25) is 0 Å². The van der Waals surface area contributed by atoms with Gasteiger partial charge in [-0.25, -0.2) is 0 Å². The van der Waals surface area contributed by atoms with E-state index in [2.05, 4.69) is 0 Å². The molecule has 0 saturated carbocycles. The van der Waals surface area contributed by atoms with E-state index in [1.54, 1.807) is 12.1 Å². The van der Waals surface area contributed by atoms with E-state index in [-0.39, 0.29) is 46.6 Å². The van der Waals surface area contributed by atoms with Gasteiger partial charge in [-0.05, 0) is 19.1 Å². The molecule has 0 bridgehead atoms. The van der Waals surface area contributed by atoms with Crippen molar-refractivity contribution in [1.29, 1.82) is 0 Å². The summed E-state index contributed by atoms with van der Waals surface area (Å²) in [5.41, 5.74) is 0.956. The molecule has 0 aliphatic heterocycles. The average molecular weight is 312 g/mol. The Labute approximate surface area is 105 Å². The summed E-state index contributed by atoms with van der Waals surface area (Å²) in [6, 6.07) is 5.99. The van der Waals surface area contributed by atoms with Crippen LogP contribution in [0.3, 0.4) is 0 Å². The van der Waals surface area contributed by atoms with Gasteiger partial charge in [0, 0.05) is 41.7 Å². The minimum absolute atomic E-state index is 0. The zero-order chi connectivity index (χ0) is 8.48. The van der Waals surface area contributed by atoms with E-state index in [1.807, 2.05) is 6.92 Å². The van der Waals surface area contributed by atoms with Gasteiger partial charge >= 0.3 is 0 Å². The van der Waals surface area contributed by atoms with Crippen LogP contribution in [-0.2, 0) is 10.1 Å². The van der Waals surface area contributed by atoms with Crippen LogP contribution < -0.4 is 0 Å². The predicted octanol–water partition coefficient (Wildman–Crippen LogP) is 1.24. The number of benzene rings is 1. The third-order valence-electron chi connectivity index (χ3n) is 1.32. The molecule has 0 fully saturated rings. The van der Waals surface area contributed by atoms with Crippen LogP contribution in [0.15, 0.2) is 29.2 Å². The Morgan fingerprint density at radius 1 is 1.17 bits per heavy atom. The maximum absolute atomic E-state index is 10.5. The zero-order valence-corrected chi connectivity index (χ0v) is 10.4. The molecule has 1 aromatic carbocycles. The van der Waals surface area contributed by atoms with Gasteiger partial charge in [-0.3, -0.25) is 4.55 Å². The Balaban J connectivity index is 0.00000121. The van der Waals surface area contributed by atoms with Crippen LogP contribution in [0.2, 0.25) is 0 Å². The minimum atomic E-state index is -4.02. The first-order valence-electron chi connectivity index (χ1n) is 3.04. The summed E-state index contributed by atoms with van der Waals surface area (Å²) in [5, 5.41) is 0. The first-order valence-corrected chi connectivity index (χ1v) is 4.48. The van der Waals surface area contributed by atoms with E-state index >= 15 is 0 Å². The van der Waals surface area contributed by atoms with E-state index in [1.165, 1.54) is 12.1 Å². The molecule has 1 aromatic rings. The Kier molecular flexibility index (Phi) is 4.86. The van der Waals surface area contributed by atoms with Crippen LogP contribution in [0.4, 0.5) is 0 Å². The van der Waals surface area contributed by atoms with E-state index < -0.39 is 10.1 Å². The number of hydrogen-bond donors (Lipinski definition) is 1.